The lowest BCUT2D eigenvalue weighted by Crippen LogP contribution is -2.54. The van der Waals surface area contributed by atoms with E-state index in [2.05, 4.69) is 19.9 Å². The number of thiazole rings is 1. The Balaban J connectivity index is 1.38. The summed E-state index contributed by atoms with van der Waals surface area (Å²) in [6, 6.07) is 4.64. The molecule has 2 fully saturated rings. The van der Waals surface area contributed by atoms with E-state index >= 15 is 0 Å². The second-order valence-electron chi connectivity index (χ2n) is 13.0. The number of carboxylic acids is 2. The van der Waals surface area contributed by atoms with Crippen molar-refractivity contribution in [3.05, 3.63) is 72.9 Å². The maximum atomic E-state index is 13.8. The van der Waals surface area contributed by atoms with Crippen LogP contribution in [0.3, 0.4) is 0 Å². The van der Waals surface area contributed by atoms with Crippen molar-refractivity contribution in [1.29, 1.82) is 0 Å². The van der Waals surface area contributed by atoms with Gasteiger partial charge in [0.15, 0.2) is 0 Å². The predicted octanol–water partition coefficient (Wildman–Crippen LogP) is 4.48. The Bertz CT molecular complexity index is 1710. The first-order valence-corrected chi connectivity index (χ1v) is 19.8. The number of allylic oxidation sites excluding steroid dienone is 1. The summed E-state index contributed by atoms with van der Waals surface area (Å²) in [7, 11) is -3.33. The third-order valence-corrected chi connectivity index (χ3v) is 11.8. The molecule has 1 aliphatic carbocycles. The normalized spacial score (nSPS) is 20.3. The predicted molar refractivity (Wildman–Crippen MR) is 188 cm³/mol. The second kappa shape index (κ2) is 15.9. The fourth-order valence-electron chi connectivity index (χ4n) is 7.20. The van der Waals surface area contributed by atoms with Gasteiger partial charge in [-0.1, -0.05) is 48.5 Å². The number of hydrogen-bond acceptors (Lipinski definition) is 9. The molecule has 266 valence electrons. The highest BCUT2D eigenvalue weighted by Crippen LogP contribution is 2.45. The zero-order chi connectivity index (χ0) is 35.3. The number of hydrogen-bond donors (Lipinski definition) is 4. The van der Waals surface area contributed by atoms with Crippen LogP contribution in [0, 0.1) is 5.41 Å². The van der Waals surface area contributed by atoms with Crippen LogP contribution in [0.15, 0.2) is 52.3 Å². The van der Waals surface area contributed by atoms with Gasteiger partial charge in [-0.25, -0.2) is 27.7 Å². The minimum absolute atomic E-state index is 0.0908. The molecule has 0 bridgehead atoms. The van der Waals surface area contributed by atoms with E-state index in [0.29, 0.717) is 39.1 Å². The third kappa shape index (κ3) is 9.21. The monoisotopic (exact) mass is 753 g/mol. The number of aromatic nitrogens is 1. The van der Waals surface area contributed by atoms with Crippen molar-refractivity contribution >= 4 is 62.4 Å². The highest BCUT2D eigenvalue weighted by Gasteiger charge is 2.41. The fourth-order valence-corrected chi connectivity index (χ4v) is 9.01. The van der Waals surface area contributed by atoms with Crippen LogP contribution in [0.25, 0.3) is 0 Å². The van der Waals surface area contributed by atoms with Crippen LogP contribution in [0.1, 0.15) is 61.4 Å². The minimum Gasteiger partial charge on any atom is -0.478 e. The Morgan fingerprint density at radius 2 is 1.63 bits per heavy atom. The first-order chi connectivity index (χ1) is 23.3. The number of dihydropyridines is 1. The lowest BCUT2D eigenvalue weighted by Gasteiger charge is -2.44. The highest BCUT2D eigenvalue weighted by molar-refractivity contribution is 7.88. The van der Waals surface area contributed by atoms with Crippen LogP contribution >= 0.6 is 34.5 Å². The molecule has 0 spiro atoms. The molecule has 0 radical (unpaired) electrons. The van der Waals surface area contributed by atoms with Crippen LogP contribution in [0.2, 0.25) is 10.0 Å². The summed E-state index contributed by atoms with van der Waals surface area (Å²) in [6.45, 7) is 3.11. The van der Waals surface area contributed by atoms with Gasteiger partial charge in [-0.15, -0.1) is 11.3 Å². The molecule has 3 aliphatic rings. The van der Waals surface area contributed by atoms with Gasteiger partial charge in [-0.2, -0.15) is 0 Å². The van der Waals surface area contributed by atoms with Gasteiger partial charge in [0.05, 0.1) is 34.7 Å². The average Bonchev–Trinajstić information content (AvgIpc) is 3.57. The van der Waals surface area contributed by atoms with Crippen molar-refractivity contribution in [2.45, 2.75) is 57.3 Å². The smallest absolute Gasteiger partial charge is 0.334 e. The molecule has 16 heteroatoms. The van der Waals surface area contributed by atoms with Crippen LogP contribution in [0.4, 0.5) is 0 Å². The number of rotatable bonds is 13. The number of halogens is 2. The van der Waals surface area contributed by atoms with E-state index < -0.39 is 27.9 Å². The lowest BCUT2D eigenvalue weighted by molar-refractivity contribution is -0.133. The largest absolute Gasteiger partial charge is 0.478 e. The molecule has 1 unspecified atom stereocenters. The summed E-state index contributed by atoms with van der Waals surface area (Å²) in [5, 5.41) is 26.9. The number of sulfonamides is 1. The Morgan fingerprint density at radius 3 is 2.20 bits per heavy atom. The maximum absolute atomic E-state index is 13.8. The number of nitrogens with zero attached hydrogens (tertiary/aromatic N) is 3. The van der Waals surface area contributed by atoms with E-state index in [1.807, 2.05) is 5.38 Å². The van der Waals surface area contributed by atoms with Crippen molar-refractivity contribution in [2.75, 3.05) is 45.5 Å². The highest BCUT2D eigenvalue weighted by atomic mass is 35.5. The fraction of sp³-hybridized carbons (Fsp3) is 0.515. The summed E-state index contributed by atoms with van der Waals surface area (Å²) < 4.78 is 26.5. The molecule has 5 rings (SSSR count). The van der Waals surface area contributed by atoms with Gasteiger partial charge in [0.25, 0.3) is 0 Å². The Labute approximate surface area is 300 Å². The van der Waals surface area contributed by atoms with Gasteiger partial charge < -0.3 is 20.4 Å². The number of carbonyl (C=O) groups is 3. The molecule has 1 amide bonds. The van der Waals surface area contributed by atoms with Crippen molar-refractivity contribution < 1.29 is 33.0 Å². The minimum atomic E-state index is -3.33. The van der Waals surface area contributed by atoms with Crippen LogP contribution in [-0.4, -0.2) is 96.8 Å². The summed E-state index contributed by atoms with van der Waals surface area (Å²) in [5.41, 5.74) is -0.158. The first-order valence-electron chi connectivity index (χ1n) is 16.2. The standard InChI is InChI=1S/C33H41Cl2N5O7S2/c1-49(46,47)37-19-33(10-3-2-4-11-33)20-39-13-15-40(16-14-39)26(41)18-24-29(32(44)45)30(27-21(34)6-5-7-22(27)35)28(31(42)43)23(38-24)8-9-25-36-12-17-48-25/h5-7,12,17,30,37-38H,2-4,8-11,13-16,18-20H2,1H3,(H,42,43)(H,44,45). The maximum Gasteiger partial charge on any atom is 0.334 e. The molecule has 3 heterocycles. The number of carboxylic acid groups (broad SMARTS) is 2. The molecule has 49 heavy (non-hydrogen) atoms. The van der Waals surface area contributed by atoms with Gasteiger partial charge in [-0.05, 0) is 36.8 Å². The molecule has 1 aromatic heterocycles. The van der Waals surface area contributed by atoms with Gasteiger partial charge in [0, 0.05) is 84.3 Å². The quantitative estimate of drug-likeness (QED) is 0.229. The topological polar surface area (TPSA) is 169 Å². The third-order valence-electron chi connectivity index (χ3n) is 9.59. The van der Waals surface area contributed by atoms with E-state index in [9.17, 15) is 33.0 Å². The van der Waals surface area contributed by atoms with Gasteiger partial charge in [-0.3, -0.25) is 9.69 Å². The first kappa shape index (κ1) is 37.3. The number of aryl methyl sites for hydroxylation is 1. The van der Waals surface area contributed by atoms with Gasteiger partial charge in [0.2, 0.25) is 15.9 Å². The number of piperazine rings is 1. The van der Waals surface area contributed by atoms with Crippen molar-refractivity contribution in [2.24, 2.45) is 5.41 Å². The zero-order valence-electron chi connectivity index (χ0n) is 27.2. The Morgan fingerprint density at radius 1 is 1.00 bits per heavy atom. The zero-order valence-corrected chi connectivity index (χ0v) is 30.4. The Hall–Kier alpha value is -3.01. The van der Waals surface area contributed by atoms with E-state index in [0.717, 1.165) is 43.7 Å². The molecule has 1 saturated heterocycles. The molecule has 1 atom stereocenters. The molecule has 1 saturated carbocycles. The molecule has 1 aromatic carbocycles. The van der Waals surface area contributed by atoms with Gasteiger partial charge in [0.1, 0.15) is 0 Å². The van der Waals surface area contributed by atoms with Crippen LogP contribution in [0.5, 0.6) is 0 Å². The molecular formula is C33H41Cl2N5O7S2. The average molecular weight is 755 g/mol. The SMILES string of the molecule is CS(=O)(=O)NCC1(CN2CCN(C(=O)CC3=C(C(=O)O)C(c4c(Cl)cccc4Cl)C(C(=O)O)=C(CCc4nccs4)N3)CC2)CCCCC1. The van der Waals surface area contributed by atoms with E-state index in [1.165, 1.54) is 29.7 Å². The van der Waals surface area contributed by atoms with Crippen molar-refractivity contribution in [3.8, 4) is 0 Å². The number of aliphatic carboxylic acids is 2. The van der Waals surface area contributed by atoms with Crippen LogP contribution < -0.4 is 10.0 Å². The van der Waals surface area contributed by atoms with Crippen molar-refractivity contribution in [1.82, 2.24) is 24.8 Å². The molecule has 4 N–H and O–H groups in total. The van der Waals surface area contributed by atoms with Crippen LogP contribution in [-0.2, 0) is 30.8 Å². The number of benzene rings is 1. The molecule has 12 nitrogen and oxygen atoms in total. The molecule has 2 aliphatic heterocycles. The summed E-state index contributed by atoms with van der Waals surface area (Å²) in [5.74, 6) is -4.35. The molecular weight excluding hydrogens is 713 g/mol. The molecule has 2 aromatic rings. The van der Waals surface area contributed by atoms with E-state index in [-0.39, 0.29) is 62.3 Å². The summed E-state index contributed by atoms with van der Waals surface area (Å²) >= 11 is 14.5. The second-order valence-corrected chi connectivity index (χ2v) is 16.6. The number of amides is 1. The summed E-state index contributed by atoms with van der Waals surface area (Å²) in [6.07, 6.45) is 8.21. The van der Waals surface area contributed by atoms with E-state index in [4.69, 9.17) is 23.2 Å². The van der Waals surface area contributed by atoms with Crippen molar-refractivity contribution in [3.63, 3.8) is 0 Å². The number of nitrogens with one attached hydrogen (secondary N) is 2. The summed E-state index contributed by atoms with van der Waals surface area (Å²) in [4.78, 5) is 47.9. The van der Waals surface area contributed by atoms with E-state index in [1.54, 1.807) is 17.2 Å². The number of carbonyl (C=O) groups excluding carboxylic acids is 1. The van der Waals surface area contributed by atoms with Gasteiger partial charge >= 0.3 is 11.9 Å². The lowest BCUT2D eigenvalue weighted by atomic mass is 9.73. The Kier molecular flexibility index (Phi) is 12.1.